The number of nitrogens with zero attached hydrogens (tertiary/aromatic N) is 1. The van der Waals surface area contributed by atoms with Crippen LogP contribution in [0.5, 0.6) is 0 Å². The predicted molar refractivity (Wildman–Crippen MR) is 173 cm³/mol. The van der Waals surface area contributed by atoms with Crippen molar-refractivity contribution in [2.45, 2.75) is 108 Å². The van der Waals surface area contributed by atoms with Gasteiger partial charge in [-0.25, -0.2) is 4.79 Å². The summed E-state index contributed by atoms with van der Waals surface area (Å²) in [6.45, 7) is 3.54. The number of rotatable bonds is 23. The Morgan fingerprint density at radius 3 is 1.71 bits per heavy atom. The molecule has 0 spiro atoms. The smallest absolute Gasteiger partial charge is 0.408 e. The zero-order chi connectivity index (χ0) is 36.1. The molecule has 0 aromatic rings. The van der Waals surface area contributed by atoms with Crippen LogP contribution >= 0.6 is 0 Å². The molecule has 18 heteroatoms. The summed E-state index contributed by atoms with van der Waals surface area (Å²) in [7, 11) is 0. The summed E-state index contributed by atoms with van der Waals surface area (Å²) in [5, 5.41) is 28.2. The van der Waals surface area contributed by atoms with E-state index in [2.05, 4.69) is 32.8 Å². The Kier molecular flexibility index (Phi) is 19.4. The number of primary amides is 1. The maximum atomic E-state index is 13.4. The molecule has 5 amide bonds. The van der Waals surface area contributed by atoms with Gasteiger partial charge in [0.15, 0.2) is 5.96 Å². The summed E-state index contributed by atoms with van der Waals surface area (Å²) in [4.78, 5) is 91.0. The Labute approximate surface area is 279 Å². The molecule has 0 aliphatic heterocycles. The highest BCUT2D eigenvalue weighted by atomic mass is 16.5. The van der Waals surface area contributed by atoms with Gasteiger partial charge in [-0.05, 0) is 44.4 Å². The fourth-order valence-electron chi connectivity index (χ4n) is 5.15. The molecule has 0 saturated heterocycles. The first kappa shape index (κ1) is 41.1. The molecule has 4 atom stereocenters. The van der Waals surface area contributed by atoms with E-state index in [-0.39, 0.29) is 44.3 Å². The molecule has 0 unspecified atom stereocenters. The van der Waals surface area contributed by atoms with E-state index in [0.717, 1.165) is 32.1 Å². The second-order valence-corrected chi connectivity index (χ2v) is 11.6. The van der Waals surface area contributed by atoms with Crippen molar-refractivity contribution in [3.63, 3.8) is 0 Å². The molecular weight excluding hydrogens is 632 g/mol. The molecule has 0 heterocycles. The zero-order valence-electron chi connectivity index (χ0n) is 27.1. The summed E-state index contributed by atoms with van der Waals surface area (Å²) in [5.41, 5.74) is 16.2. The van der Waals surface area contributed by atoms with E-state index >= 15 is 0 Å². The van der Waals surface area contributed by atoms with Crippen LogP contribution in [-0.4, -0.2) is 95.2 Å². The van der Waals surface area contributed by atoms with Gasteiger partial charge >= 0.3 is 18.0 Å². The van der Waals surface area contributed by atoms with Crippen molar-refractivity contribution >= 4 is 47.6 Å². The zero-order valence-corrected chi connectivity index (χ0v) is 27.1. The average Bonchev–Trinajstić information content (AvgIpc) is 3.02. The number of unbranched alkanes of at least 4 members (excludes halogenated alkanes) is 1. The molecule has 48 heavy (non-hydrogen) atoms. The first-order valence-corrected chi connectivity index (χ1v) is 16.0. The number of carboxylic acid groups (broad SMARTS) is 2. The molecule has 1 rings (SSSR count). The van der Waals surface area contributed by atoms with Gasteiger partial charge in [0, 0.05) is 19.4 Å². The molecule has 1 aliphatic carbocycles. The number of nitrogens with two attached hydrogens (primary N) is 3. The lowest BCUT2D eigenvalue weighted by Gasteiger charge is -2.28. The summed E-state index contributed by atoms with van der Waals surface area (Å²) >= 11 is 0. The van der Waals surface area contributed by atoms with E-state index < -0.39 is 85.1 Å². The summed E-state index contributed by atoms with van der Waals surface area (Å²) in [6.07, 6.45) is 4.36. The maximum absolute atomic E-state index is 13.4. The lowest BCUT2D eigenvalue weighted by atomic mass is 9.84. The van der Waals surface area contributed by atoms with Crippen LogP contribution in [0.3, 0.4) is 0 Å². The number of aliphatic imine (C=N–C) groups is 1. The highest BCUT2D eigenvalue weighted by Crippen LogP contribution is 2.27. The Morgan fingerprint density at radius 2 is 1.25 bits per heavy atom. The lowest BCUT2D eigenvalue weighted by Crippen LogP contribution is -2.58. The van der Waals surface area contributed by atoms with Crippen molar-refractivity contribution in [3.05, 3.63) is 12.7 Å². The molecule has 0 aromatic carbocycles. The van der Waals surface area contributed by atoms with Crippen molar-refractivity contribution in [1.29, 1.82) is 0 Å². The van der Waals surface area contributed by atoms with Crippen LogP contribution in [0.4, 0.5) is 4.79 Å². The molecule has 270 valence electrons. The number of amides is 5. The Hall–Kier alpha value is -4.90. The molecule has 1 saturated carbocycles. The number of hydrogen-bond acceptors (Lipinski definition) is 9. The number of ether oxygens (including phenoxy) is 1. The van der Waals surface area contributed by atoms with Crippen LogP contribution in [0.15, 0.2) is 17.6 Å². The van der Waals surface area contributed by atoms with Crippen LogP contribution in [-0.2, 0) is 33.5 Å². The maximum Gasteiger partial charge on any atom is 0.408 e. The van der Waals surface area contributed by atoms with Gasteiger partial charge in [-0.15, -0.1) is 0 Å². The van der Waals surface area contributed by atoms with Crippen molar-refractivity contribution in [1.82, 2.24) is 21.3 Å². The number of carbonyl (C=O) groups is 7. The molecular formula is C30H50N8O10. The Morgan fingerprint density at radius 1 is 0.750 bits per heavy atom. The third-order valence-corrected chi connectivity index (χ3v) is 7.65. The number of guanidine groups is 1. The first-order chi connectivity index (χ1) is 22.7. The van der Waals surface area contributed by atoms with E-state index in [0.29, 0.717) is 12.8 Å². The van der Waals surface area contributed by atoms with E-state index in [1.807, 2.05) is 0 Å². The summed E-state index contributed by atoms with van der Waals surface area (Å²) in [6, 6.07) is -5.28. The van der Waals surface area contributed by atoms with Gasteiger partial charge in [0.2, 0.25) is 23.6 Å². The third-order valence-electron chi connectivity index (χ3n) is 7.65. The summed E-state index contributed by atoms with van der Waals surface area (Å²) < 4.78 is 4.90. The minimum Gasteiger partial charge on any atom is -0.481 e. The number of carboxylic acids is 2. The largest absolute Gasteiger partial charge is 0.481 e. The van der Waals surface area contributed by atoms with Gasteiger partial charge in [-0.3, -0.25) is 33.8 Å². The number of aliphatic carboxylic acids is 2. The fourth-order valence-corrected chi connectivity index (χ4v) is 5.15. The number of nitrogens with one attached hydrogen (secondary N) is 4. The van der Waals surface area contributed by atoms with Crippen LogP contribution in [0.1, 0.15) is 83.5 Å². The van der Waals surface area contributed by atoms with Crippen molar-refractivity contribution in [2.24, 2.45) is 28.1 Å². The SMILES string of the molecule is C=CCOC(=O)N[C@@H](CCCCN=C(N)N)C(=O)N[C@@H](CCC(=O)O)C(=O)N[C@H](CCC(=O)O)C(=O)N[C@@H](CC1CCCCC1)C(N)=O. The number of carbonyl (C=O) groups excluding carboxylic acids is 5. The topological polar surface area (TPSA) is 308 Å². The molecule has 0 aromatic heterocycles. The van der Waals surface area contributed by atoms with Gasteiger partial charge in [-0.2, -0.15) is 0 Å². The Bertz CT molecular complexity index is 1150. The van der Waals surface area contributed by atoms with Crippen LogP contribution < -0.4 is 38.5 Å². The molecule has 18 nitrogen and oxygen atoms in total. The molecule has 0 bridgehead atoms. The van der Waals surface area contributed by atoms with Gasteiger partial charge < -0.3 is 53.4 Å². The second kappa shape index (κ2) is 22.6. The quantitative estimate of drug-likeness (QED) is 0.0281. The third kappa shape index (κ3) is 17.7. The average molecular weight is 683 g/mol. The standard InChI is InChI=1S/C30H50N8O10/c1-2-16-48-30(47)38-19(10-6-7-15-34-29(32)33)26(44)35-20(11-13-23(39)40)27(45)36-21(12-14-24(41)42)28(46)37-22(25(31)43)17-18-8-4-3-5-9-18/h2,18-22H,1,3-17H2,(H2,31,43)(H,35,44)(H,36,45)(H,37,46)(H,38,47)(H,39,40)(H,41,42)(H4,32,33,34)/t19-,20-,21+,22-/m0/s1. The highest BCUT2D eigenvalue weighted by Gasteiger charge is 2.32. The second-order valence-electron chi connectivity index (χ2n) is 11.6. The minimum atomic E-state index is -1.52. The number of hydrogen-bond donors (Lipinski definition) is 9. The normalized spacial score (nSPS) is 15.3. The van der Waals surface area contributed by atoms with Crippen LogP contribution in [0.25, 0.3) is 0 Å². The fraction of sp³-hybridized carbons (Fsp3) is 0.667. The van der Waals surface area contributed by atoms with E-state index in [9.17, 15) is 43.8 Å². The highest BCUT2D eigenvalue weighted by molar-refractivity contribution is 5.95. The first-order valence-electron chi connectivity index (χ1n) is 16.0. The monoisotopic (exact) mass is 682 g/mol. The van der Waals surface area contributed by atoms with Gasteiger partial charge in [0.1, 0.15) is 30.8 Å². The predicted octanol–water partition coefficient (Wildman–Crippen LogP) is -0.649. The molecule has 1 aliphatic rings. The van der Waals surface area contributed by atoms with Crippen molar-refractivity contribution in [2.75, 3.05) is 13.2 Å². The molecule has 12 N–H and O–H groups in total. The van der Waals surface area contributed by atoms with E-state index in [1.165, 1.54) is 6.08 Å². The van der Waals surface area contributed by atoms with Crippen LogP contribution in [0, 0.1) is 5.92 Å². The summed E-state index contributed by atoms with van der Waals surface area (Å²) in [5.74, 6) is -6.00. The van der Waals surface area contributed by atoms with Gasteiger partial charge in [-0.1, -0.05) is 44.8 Å². The van der Waals surface area contributed by atoms with Crippen molar-refractivity contribution < 1.29 is 48.5 Å². The number of alkyl carbamates (subject to hydrolysis) is 1. The van der Waals surface area contributed by atoms with E-state index in [4.69, 9.17) is 21.9 Å². The van der Waals surface area contributed by atoms with E-state index in [1.54, 1.807) is 0 Å². The minimum absolute atomic E-state index is 0.0570. The molecule has 0 radical (unpaired) electrons. The van der Waals surface area contributed by atoms with Crippen LogP contribution in [0.2, 0.25) is 0 Å². The van der Waals surface area contributed by atoms with Gasteiger partial charge in [0.25, 0.3) is 0 Å². The Balaban J connectivity index is 3.14. The van der Waals surface area contributed by atoms with Gasteiger partial charge in [0.05, 0.1) is 0 Å². The van der Waals surface area contributed by atoms with Crippen molar-refractivity contribution in [3.8, 4) is 0 Å². The molecule has 1 fully saturated rings. The lowest BCUT2D eigenvalue weighted by molar-refractivity contribution is -0.140.